The molecule has 0 aliphatic rings. The van der Waals surface area contributed by atoms with Crippen LogP contribution in [0.3, 0.4) is 0 Å². The predicted molar refractivity (Wildman–Crippen MR) is 96.4 cm³/mol. The third kappa shape index (κ3) is 5.31. The van der Waals surface area contributed by atoms with Crippen molar-refractivity contribution in [2.45, 2.75) is 16.4 Å². The number of hydrogen-bond donors (Lipinski definition) is 0. The highest BCUT2D eigenvalue weighted by Crippen LogP contribution is 2.35. The lowest BCUT2D eigenvalue weighted by Crippen LogP contribution is -1.86. The first-order valence-corrected chi connectivity index (χ1v) is 9.97. The number of rotatable bonds is 8. The lowest BCUT2D eigenvalue weighted by molar-refractivity contribution is 1.27. The molecule has 2 aromatic rings. The van der Waals surface area contributed by atoms with Crippen LogP contribution in [0.2, 0.25) is 0 Å². The first-order chi connectivity index (χ1) is 9.90. The Kier molecular flexibility index (Phi) is 7.20. The van der Waals surface area contributed by atoms with Gasteiger partial charge < -0.3 is 0 Å². The molecule has 0 radical (unpaired) electrons. The molecule has 0 saturated carbocycles. The van der Waals surface area contributed by atoms with Crippen molar-refractivity contribution in [3.05, 3.63) is 78.4 Å². The van der Waals surface area contributed by atoms with Crippen molar-refractivity contribution in [3.63, 3.8) is 0 Å². The molecule has 0 aliphatic carbocycles. The zero-order chi connectivity index (χ0) is 14.0. The molecular formula is C17H18S3. The van der Waals surface area contributed by atoms with Crippen LogP contribution in [-0.4, -0.2) is 5.75 Å². The zero-order valence-corrected chi connectivity index (χ0v) is 13.8. The van der Waals surface area contributed by atoms with Gasteiger partial charge in [0.05, 0.1) is 0 Å². The molecule has 0 heterocycles. The average Bonchev–Trinajstić information content (AvgIpc) is 2.50. The topological polar surface area (TPSA) is 0 Å². The Hall–Kier alpha value is -0.770. The fraction of sp³-hybridized carbons (Fsp3) is 0.176. The second kappa shape index (κ2) is 9.22. The van der Waals surface area contributed by atoms with Gasteiger partial charge in [-0.25, -0.2) is 0 Å². The van der Waals surface area contributed by atoms with Gasteiger partial charge >= 0.3 is 0 Å². The van der Waals surface area contributed by atoms with Crippen LogP contribution in [0.25, 0.3) is 0 Å². The first kappa shape index (κ1) is 15.6. The summed E-state index contributed by atoms with van der Waals surface area (Å²) < 4.78 is 0. The van der Waals surface area contributed by atoms with Crippen LogP contribution in [0, 0.1) is 0 Å². The molecule has 3 heteroatoms. The first-order valence-electron chi connectivity index (χ1n) is 6.50. The van der Waals surface area contributed by atoms with Gasteiger partial charge in [0.25, 0.3) is 0 Å². The monoisotopic (exact) mass is 318 g/mol. The lowest BCUT2D eigenvalue weighted by atomic mass is 10.2. The summed E-state index contributed by atoms with van der Waals surface area (Å²) in [6.45, 7) is 3.76. The van der Waals surface area contributed by atoms with Crippen LogP contribution in [0.1, 0.15) is 11.1 Å². The highest BCUT2D eigenvalue weighted by molar-refractivity contribution is 8.76. The molecule has 0 aliphatic heterocycles. The maximum absolute atomic E-state index is 3.76. The molecular weight excluding hydrogens is 300 g/mol. The summed E-state index contributed by atoms with van der Waals surface area (Å²) in [5.74, 6) is 3.11. The molecule has 0 saturated heterocycles. The van der Waals surface area contributed by atoms with Crippen molar-refractivity contribution in [1.82, 2.24) is 0 Å². The SMILES string of the molecule is C=CCSSc1ccccc1CSCc1ccccc1. The quantitative estimate of drug-likeness (QED) is 0.330. The van der Waals surface area contributed by atoms with Gasteiger partial charge in [-0.05, 0) is 17.2 Å². The highest BCUT2D eigenvalue weighted by Gasteiger charge is 2.03. The molecule has 0 spiro atoms. The Morgan fingerprint density at radius 1 is 0.900 bits per heavy atom. The van der Waals surface area contributed by atoms with Crippen molar-refractivity contribution >= 4 is 33.3 Å². The second-order valence-electron chi connectivity index (χ2n) is 4.24. The van der Waals surface area contributed by atoms with E-state index in [0.29, 0.717) is 0 Å². The van der Waals surface area contributed by atoms with Crippen LogP contribution < -0.4 is 0 Å². The number of hydrogen-bond acceptors (Lipinski definition) is 3. The Morgan fingerprint density at radius 3 is 2.45 bits per heavy atom. The summed E-state index contributed by atoms with van der Waals surface area (Å²) in [4.78, 5) is 1.37. The Balaban J connectivity index is 1.87. The van der Waals surface area contributed by atoms with E-state index in [1.54, 1.807) is 0 Å². The van der Waals surface area contributed by atoms with E-state index in [9.17, 15) is 0 Å². The van der Waals surface area contributed by atoms with E-state index in [-0.39, 0.29) is 0 Å². The van der Waals surface area contributed by atoms with E-state index in [1.165, 1.54) is 16.0 Å². The molecule has 0 fully saturated rings. The van der Waals surface area contributed by atoms with Crippen molar-refractivity contribution in [2.24, 2.45) is 0 Å². The van der Waals surface area contributed by atoms with Gasteiger partial charge in [0.15, 0.2) is 0 Å². The maximum Gasteiger partial charge on any atom is 0.0223 e. The van der Waals surface area contributed by atoms with Gasteiger partial charge in [0.1, 0.15) is 0 Å². The molecule has 20 heavy (non-hydrogen) atoms. The fourth-order valence-corrected chi connectivity index (χ4v) is 4.83. The second-order valence-corrected chi connectivity index (χ2v) is 7.61. The Bertz CT molecular complexity index is 523. The number of benzene rings is 2. The lowest BCUT2D eigenvalue weighted by Gasteiger charge is -2.08. The van der Waals surface area contributed by atoms with Gasteiger partial charge in [-0.1, -0.05) is 76.2 Å². The molecule has 0 unspecified atom stereocenters. The van der Waals surface area contributed by atoms with Gasteiger partial charge in [-0.2, -0.15) is 11.8 Å². The largest absolute Gasteiger partial charge is 0.152 e. The minimum absolute atomic E-state index is 0.982. The summed E-state index contributed by atoms with van der Waals surface area (Å²) >= 11 is 1.97. The minimum atomic E-state index is 0.982. The molecule has 0 amide bonds. The number of thioether (sulfide) groups is 1. The molecule has 0 aromatic heterocycles. The van der Waals surface area contributed by atoms with Crippen LogP contribution in [0.5, 0.6) is 0 Å². The Morgan fingerprint density at radius 2 is 1.65 bits per heavy atom. The summed E-state index contributed by atoms with van der Waals surface area (Å²) in [7, 11) is 3.69. The van der Waals surface area contributed by atoms with E-state index < -0.39 is 0 Å². The molecule has 2 aromatic carbocycles. The van der Waals surface area contributed by atoms with Crippen LogP contribution in [-0.2, 0) is 11.5 Å². The van der Waals surface area contributed by atoms with Crippen molar-refractivity contribution in [1.29, 1.82) is 0 Å². The van der Waals surface area contributed by atoms with Crippen LogP contribution in [0.15, 0.2) is 72.1 Å². The van der Waals surface area contributed by atoms with Crippen molar-refractivity contribution in [2.75, 3.05) is 5.75 Å². The van der Waals surface area contributed by atoms with Crippen LogP contribution >= 0.6 is 33.3 Å². The third-order valence-corrected chi connectivity index (χ3v) is 6.10. The van der Waals surface area contributed by atoms with E-state index in [4.69, 9.17) is 0 Å². The maximum atomic E-state index is 3.76. The summed E-state index contributed by atoms with van der Waals surface area (Å²) in [5, 5.41) is 0. The Labute approximate surface area is 133 Å². The third-order valence-electron chi connectivity index (χ3n) is 2.68. The molecule has 104 valence electrons. The highest BCUT2D eigenvalue weighted by atomic mass is 33.1. The minimum Gasteiger partial charge on any atom is -0.152 e. The van der Waals surface area contributed by atoms with Gasteiger partial charge in [0, 0.05) is 22.2 Å². The van der Waals surface area contributed by atoms with E-state index in [0.717, 1.165) is 17.3 Å². The van der Waals surface area contributed by atoms with E-state index in [1.807, 2.05) is 39.4 Å². The molecule has 0 atom stereocenters. The summed E-state index contributed by atoms with van der Waals surface area (Å²) in [6, 6.07) is 19.3. The fourth-order valence-electron chi connectivity index (χ4n) is 1.70. The average molecular weight is 319 g/mol. The van der Waals surface area contributed by atoms with Crippen LogP contribution in [0.4, 0.5) is 0 Å². The van der Waals surface area contributed by atoms with E-state index in [2.05, 4.69) is 61.2 Å². The summed E-state index contributed by atoms with van der Waals surface area (Å²) in [5.41, 5.74) is 2.82. The van der Waals surface area contributed by atoms with Gasteiger partial charge in [0.2, 0.25) is 0 Å². The molecule has 0 bridgehead atoms. The van der Waals surface area contributed by atoms with E-state index >= 15 is 0 Å². The standard InChI is InChI=1S/C17H18S3/c1-2-12-19-20-17-11-7-6-10-16(17)14-18-13-15-8-4-3-5-9-15/h2-11H,1,12-14H2. The molecule has 2 rings (SSSR count). The zero-order valence-electron chi connectivity index (χ0n) is 11.3. The normalized spacial score (nSPS) is 10.4. The molecule has 0 nitrogen and oxygen atoms in total. The van der Waals surface area contributed by atoms with Gasteiger partial charge in [-0.3, -0.25) is 0 Å². The predicted octanol–water partition coefficient (Wildman–Crippen LogP) is 6.05. The summed E-state index contributed by atoms with van der Waals surface area (Å²) in [6.07, 6.45) is 1.95. The van der Waals surface area contributed by atoms with Crippen molar-refractivity contribution < 1.29 is 0 Å². The van der Waals surface area contributed by atoms with Crippen molar-refractivity contribution in [3.8, 4) is 0 Å². The molecule has 0 N–H and O–H groups in total. The smallest absolute Gasteiger partial charge is 0.0223 e. The van der Waals surface area contributed by atoms with Gasteiger partial charge in [-0.15, -0.1) is 6.58 Å².